The second-order valence-corrected chi connectivity index (χ2v) is 4.96. The first-order chi connectivity index (χ1) is 11.2. The summed E-state index contributed by atoms with van der Waals surface area (Å²) in [6.45, 7) is 0. The fourth-order valence-corrected chi connectivity index (χ4v) is 2.61. The lowest BCUT2D eigenvalue weighted by Gasteiger charge is -2.09. The van der Waals surface area contributed by atoms with Gasteiger partial charge in [-0.3, -0.25) is 0 Å². The first-order valence-corrected chi connectivity index (χ1v) is 7.71. The van der Waals surface area contributed by atoms with Crippen molar-refractivity contribution in [3.63, 3.8) is 0 Å². The van der Waals surface area contributed by atoms with Crippen LogP contribution in [0.5, 0.6) is 0 Å². The zero-order valence-electron chi connectivity index (χ0n) is 13.5. The molecule has 0 spiro atoms. The average Bonchev–Trinajstić information content (AvgIpc) is 2.95. The van der Waals surface area contributed by atoms with E-state index in [0.29, 0.717) is 0 Å². The smallest absolute Gasteiger partial charge is 0.222 e. The highest BCUT2D eigenvalue weighted by molar-refractivity contribution is 5.31. The third-order valence-electron chi connectivity index (χ3n) is 3.49. The molecule has 2 aliphatic carbocycles. The van der Waals surface area contributed by atoms with Gasteiger partial charge in [0.05, 0.1) is 0 Å². The third-order valence-corrected chi connectivity index (χ3v) is 3.49. The Morgan fingerprint density at radius 2 is 0.913 bits per heavy atom. The van der Waals surface area contributed by atoms with Crippen molar-refractivity contribution in [2.75, 3.05) is 0 Å². The summed E-state index contributed by atoms with van der Waals surface area (Å²) >= 11 is 0. The minimum absolute atomic E-state index is 0.750. The summed E-state index contributed by atoms with van der Waals surface area (Å²) in [6, 6.07) is 0. The van der Waals surface area contributed by atoms with E-state index in [4.69, 9.17) is 30.6 Å². The Kier molecular flexibility index (Phi) is 19.5. The molecular weight excluding hydrogens is 294 g/mol. The number of carbonyl (C=O) groups excluding carboxylic acids is 3. The molecule has 0 saturated heterocycles. The maximum atomic E-state index is 8.35. The molecule has 2 rings (SSSR count). The quantitative estimate of drug-likeness (QED) is 0.488. The van der Waals surface area contributed by atoms with Gasteiger partial charge in [0.2, 0.25) is 18.2 Å². The van der Waals surface area contributed by atoms with Crippen molar-refractivity contribution in [2.45, 2.75) is 64.2 Å². The summed E-state index contributed by atoms with van der Waals surface area (Å²) in [7, 11) is 0. The van der Waals surface area contributed by atoms with E-state index in [-0.39, 0.29) is 0 Å². The molecule has 0 bridgehead atoms. The van der Waals surface area contributed by atoms with Gasteiger partial charge in [-0.15, -0.1) is 0 Å². The summed E-state index contributed by atoms with van der Waals surface area (Å²) in [5.74, 6) is 0. The maximum Gasteiger partial charge on any atom is 0.231 e. The Hall–Kier alpha value is -2.38. The van der Waals surface area contributed by atoms with E-state index >= 15 is 0 Å². The lowest BCUT2D eigenvalue weighted by molar-refractivity contribution is 0.562. The van der Waals surface area contributed by atoms with E-state index in [0.717, 1.165) is 18.2 Å². The average molecular weight is 319 g/mol. The molecule has 23 heavy (non-hydrogen) atoms. The molecule has 0 aromatic carbocycles. The highest BCUT2D eigenvalue weighted by Gasteiger charge is 2.09. The number of isocyanates is 3. The maximum absolute atomic E-state index is 8.35. The van der Waals surface area contributed by atoms with Crippen molar-refractivity contribution >= 4 is 18.2 Å². The Labute approximate surface area is 137 Å². The van der Waals surface area contributed by atoms with Gasteiger partial charge in [0.1, 0.15) is 0 Å². The molecule has 6 nitrogen and oxygen atoms in total. The van der Waals surface area contributed by atoms with E-state index in [1.807, 2.05) is 0 Å². The van der Waals surface area contributed by atoms with E-state index in [2.05, 4.69) is 12.2 Å². The van der Waals surface area contributed by atoms with Crippen LogP contribution >= 0.6 is 0 Å². The van der Waals surface area contributed by atoms with Crippen LogP contribution in [0.4, 0.5) is 0 Å². The molecular formula is C17H25N3O3. The van der Waals surface area contributed by atoms with Gasteiger partial charge in [0, 0.05) is 0 Å². The van der Waals surface area contributed by atoms with Crippen LogP contribution in [0.1, 0.15) is 64.2 Å². The molecule has 0 amide bonds. The highest BCUT2D eigenvalue weighted by Crippen LogP contribution is 2.29. The van der Waals surface area contributed by atoms with Gasteiger partial charge in [-0.25, -0.2) is 30.6 Å². The van der Waals surface area contributed by atoms with Crippen LogP contribution in [-0.4, -0.2) is 18.2 Å². The van der Waals surface area contributed by atoms with Crippen LogP contribution in [-0.2, 0) is 14.4 Å². The molecule has 3 N–H and O–H groups in total. The van der Waals surface area contributed by atoms with Gasteiger partial charge in [-0.05, 0) is 62.5 Å². The highest BCUT2D eigenvalue weighted by atomic mass is 16.1. The van der Waals surface area contributed by atoms with Crippen LogP contribution in [0, 0.1) is 16.2 Å². The Morgan fingerprint density at radius 1 is 0.609 bits per heavy atom. The van der Waals surface area contributed by atoms with Gasteiger partial charge in [-0.1, -0.05) is 25.0 Å². The largest absolute Gasteiger partial charge is 0.231 e. The third kappa shape index (κ3) is 15.8. The normalized spacial score (nSPS) is 16.0. The second-order valence-electron chi connectivity index (χ2n) is 4.96. The topological polar surface area (TPSA) is 123 Å². The van der Waals surface area contributed by atoms with Crippen LogP contribution in [0.25, 0.3) is 0 Å². The van der Waals surface area contributed by atoms with E-state index < -0.39 is 0 Å². The zero-order chi connectivity index (χ0) is 17.8. The van der Waals surface area contributed by atoms with Gasteiger partial charge < -0.3 is 0 Å². The van der Waals surface area contributed by atoms with Crippen molar-refractivity contribution in [1.82, 2.24) is 0 Å². The fourth-order valence-electron chi connectivity index (χ4n) is 2.61. The van der Waals surface area contributed by atoms with Crippen molar-refractivity contribution < 1.29 is 14.4 Å². The molecule has 0 atom stereocenters. The van der Waals surface area contributed by atoms with Gasteiger partial charge in [0.25, 0.3) is 0 Å². The minimum atomic E-state index is 0.750. The molecule has 0 aliphatic heterocycles. The van der Waals surface area contributed by atoms with Gasteiger partial charge >= 0.3 is 0 Å². The standard InChI is InChI=1S/C14H22.3CHNO/c1-2-6-10-13(9-5-1)14-11-7-3-4-8-12-14;3*2-1-3/h9,11H,1-8,10,12H2;3*2H. The molecule has 6 heteroatoms. The summed E-state index contributed by atoms with van der Waals surface area (Å²) in [5, 5.41) is 16.2. The molecule has 0 aromatic rings. The summed E-state index contributed by atoms with van der Waals surface area (Å²) in [6.07, 6.45) is 21.2. The number of rotatable bonds is 1. The first kappa shape index (κ1) is 22.9. The predicted octanol–water partition coefficient (Wildman–Crippen LogP) is 4.47. The predicted molar refractivity (Wildman–Crippen MR) is 87.6 cm³/mol. The minimum Gasteiger partial charge on any atom is -0.222 e. The van der Waals surface area contributed by atoms with Crippen LogP contribution < -0.4 is 0 Å². The monoisotopic (exact) mass is 319 g/mol. The second kappa shape index (κ2) is 19.6. The molecule has 0 fully saturated rings. The lowest BCUT2D eigenvalue weighted by atomic mass is 9.97. The Bertz CT molecular complexity index is 409. The number of hydrogen-bond acceptors (Lipinski definition) is 6. The van der Waals surface area contributed by atoms with Crippen LogP contribution in [0.3, 0.4) is 0 Å². The summed E-state index contributed by atoms with van der Waals surface area (Å²) in [4.78, 5) is 25.0. The van der Waals surface area contributed by atoms with Crippen LogP contribution in [0.15, 0.2) is 23.3 Å². The Morgan fingerprint density at radius 3 is 1.22 bits per heavy atom. The van der Waals surface area contributed by atoms with E-state index in [1.54, 1.807) is 11.1 Å². The van der Waals surface area contributed by atoms with Crippen LogP contribution in [0.2, 0.25) is 0 Å². The fraction of sp³-hybridized carbons (Fsp3) is 0.588. The zero-order valence-corrected chi connectivity index (χ0v) is 13.5. The number of hydrogen-bond donors (Lipinski definition) is 3. The van der Waals surface area contributed by atoms with Gasteiger partial charge in [-0.2, -0.15) is 0 Å². The first-order valence-electron chi connectivity index (χ1n) is 7.71. The number of allylic oxidation sites excluding steroid dienone is 4. The Balaban J connectivity index is 0. The lowest BCUT2D eigenvalue weighted by Crippen LogP contribution is -1.89. The molecule has 0 saturated carbocycles. The molecule has 126 valence electrons. The molecule has 0 aromatic heterocycles. The molecule has 0 heterocycles. The van der Waals surface area contributed by atoms with Gasteiger partial charge in [0.15, 0.2) is 0 Å². The summed E-state index contributed by atoms with van der Waals surface area (Å²) < 4.78 is 0. The van der Waals surface area contributed by atoms with E-state index in [1.165, 1.54) is 64.2 Å². The SMILES string of the molecule is C1=C(C2=CCCCCC2)CCCCC1.N=C=O.N=C=O.N=C=O. The van der Waals surface area contributed by atoms with Crippen molar-refractivity contribution in [2.24, 2.45) is 0 Å². The summed E-state index contributed by atoms with van der Waals surface area (Å²) in [5.41, 5.74) is 3.40. The van der Waals surface area contributed by atoms with Crippen molar-refractivity contribution in [3.05, 3.63) is 23.3 Å². The van der Waals surface area contributed by atoms with E-state index in [9.17, 15) is 0 Å². The molecule has 2 aliphatic rings. The van der Waals surface area contributed by atoms with Crippen molar-refractivity contribution in [1.29, 1.82) is 16.2 Å². The van der Waals surface area contributed by atoms with Crippen molar-refractivity contribution in [3.8, 4) is 0 Å². The molecule has 0 radical (unpaired) electrons. The molecule has 0 unspecified atom stereocenters. The number of nitrogens with one attached hydrogen (secondary N) is 3.